The van der Waals surface area contributed by atoms with Gasteiger partial charge < -0.3 is 9.84 Å². The Morgan fingerprint density at radius 1 is 1.29 bits per heavy atom. The van der Waals surface area contributed by atoms with Crippen LogP contribution in [0, 0.1) is 0 Å². The van der Waals surface area contributed by atoms with Gasteiger partial charge in [-0.3, -0.25) is 14.6 Å². The van der Waals surface area contributed by atoms with Gasteiger partial charge in [0.15, 0.2) is 5.78 Å². The van der Waals surface area contributed by atoms with Gasteiger partial charge in [-0.1, -0.05) is 18.2 Å². The molecule has 0 spiro atoms. The van der Waals surface area contributed by atoms with E-state index < -0.39 is 0 Å². The highest BCUT2D eigenvalue weighted by atomic mass is 32.1. The maximum atomic E-state index is 11.5. The number of nitrogens with zero attached hydrogens (tertiary/aromatic N) is 2. The van der Waals surface area contributed by atoms with Gasteiger partial charge >= 0.3 is 0 Å². The van der Waals surface area contributed by atoms with Crippen molar-refractivity contribution in [3.05, 3.63) is 51.7 Å². The highest BCUT2D eigenvalue weighted by Crippen LogP contribution is 2.24. The van der Waals surface area contributed by atoms with Gasteiger partial charge in [0.25, 0.3) is 0 Å². The monoisotopic (exact) mass is 402 g/mol. The lowest BCUT2D eigenvalue weighted by molar-refractivity contribution is 0.0494. The number of thiophene rings is 1. The van der Waals surface area contributed by atoms with Crippen LogP contribution in [-0.4, -0.2) is 59.6 Å². The molecule has 1 atom stereocenters. The minimum atomic E-state index is 0.132. The van der Waals surface area contributed by atoms with E-state index in [2.05, 4.69) is 27.3 Å². The first-order valence-corrected chi connectivity index (χ1v) is 10.8. The summed E-state index contributed by atoms with van der Waals surface area (Å²) in [6.07, 6.45) is 0.760. The smallest absolute Gasteiger partial charge is 0.169 e. The second kappa shape index (κ2) is 10.2. The van der Waals surface area contributed by atoms with Gasteiger partial charge in [0.05, 0.1) is 11.5 Å². The Bertz CT molecular complexity index is 777. The highest BCUT2D eigenvalue weighted by molar-refractivity contribution is 7.12. The van der Waals surface area contributed by atoms with E-state index in [1.165, 1.54) is 22.5 Å². The van der Waals surface area contributed by atoms with Crippen molar-refractivity contribution in [1.82, 2.24) is 9.80 Å². The van der Waals surface area contributed by atoms with E-state index in [4.69, 9.17) is 4.74 Å². The summed E-state index contributed by atoms with van der Waals surface area (Å²) in [7, 11) is 0. The van der Waals surface area contributed by atoms with E-state index in [9.17, 15) is 9.90 Å². The lowest BCUT2D eigenvalue weighted by atomic mass is 10.1. The van der Waals surface area contributed by atoms with E-state index in [0.717, 1.165) is 49.8 Å². The lowest BCUT2D eigenvalue weighted by Gasteiger charge is -2.41. The van der Waals surface area contributed by atoms with Crippen LogP contribution in [0.15, 0.2) is 35.7 Å². The summed E-state index contributed by atoms with van der Waals surface area (Å²) in [4.78, 5) is 17.2. The molecular weight excluding hydrogens is 372 g/mol. The molecule has 1 aliphatic rings. The molecule has 152 valence electrons. The summed E-state index contributed by atoms with van der Waals surface area (Å²) in [6.45, 7) is 9.01. The molecule has 0 unspecified atom stereocenters. The van der Waals surface area contributed by atoms with E-state index in [1.54, 1.807) is 6.92 Å². The molecule has 1 saturated heterocycles. The largest absolute Gasteiger partial charge is 0.494 e. The summed E-state index contributed by atoms with van der Waals surface area (Å²) in [5.41, 5.74) is 2.40. The average molecular weight is 403 g/mol. The fourth-order valence-electron chi connectivity index (χ4n) is 3.78. The molecule has 1 aromatic heterocycles. The fourth-order valence-corrected chi connectivity index (χ4v) is 4.59. The first kappa shape index (κ1) is 21.0. The molecule has 2 heterocycles. The number of piperazine rings is 1. The third-order valence-electron chi connectivity index (χ3n) is 5.20. The summed E-state index contributed by atoms with van der Waals surface area (Å²) in [5, 5.41) is 11.7. The summed E-state index contributed by atoms with van der Waals surface area (Å²) in [6, 6.07) is 10.5. The first-order valence-electron chi connectivity index (χ1n) is 9.97. The van der Waals surface area contributed by atoms with Gasteiger partial charge in [-0.15, -0.1) is 11.3 Å². The second-order valence-electron chi connectivity index (χ2n) is 7.29. The molecule has 6 heteroatoms. The van der Waals surface area contributed by atoms with E-state index in [0.29, 0.717) is 12.6 Å². The molecule has 0 bridgehead atoms. The number of benzene rings is 1. The number of carbonyl (C=O) groups is 1. The number of aliphatic hydroxyl groups is 1. The number of rotatable bonds is 9. The van der Waals surface area contributed by atoms with Gasteiger partial charge in [0.2, 0.25) is 0 Å². The van der Waals surface area contributed by atoms with Crippen molar-refractivity contribution in [3.63, 3.8) is 0 Å². The van der Waals surface area contributed by atoms with Crippen LogP contribution in [-0.2, 0) is 13.1 Å². The molecule has 0 radical (unpaired) electrons. The van der Waals surface area contributed by atoms with E-state index >= 15 is 0 Å². The summed E-state index contributed by atoms with van der Waals surface area (Å²) >= 11 is 1.53. The number of Topliss-reactive ketones (excluding diaryl/α,β-unsaturated/α-hetero) is 1. The Labute approximate surface area is 171 Å². The molecule has 0 amide bonds. The molecule has 2 aromatic rings. The van der Waals surface area contributed by atoms with Crippen LogP contribution >= 0.6 is 11.3 Å². The van der Waals surface area contributed by atoms with Crippen LogP contribution in [0.1, 0.15) is 41.1 Å². The normalized spacial score (nSPS) is 18.3. The molecule has 3 rings (SSSR count). The van der Waals surface area contributed by atoms with Crippen LogP contribution < -0.4 is 4.74 Å². The molecule has 28 heavy (non-hydrogen) atoms. The van der Waals surface area contributed by atoms with Crippen LogP contribution in [0.5, 0.6) is 5.75 Å². The van der Waals surface area contributed by atoms with Crippen molar-refractivity contribution < 1.29 is 14.6 Å². The van der Waals surface area contributed by atoms with Crippen molar-refractivity contribution in [2.75, 3.05) is 32.8 Å². The van der Waals surface area contributed by atoms with Crippen molar-refractivity contribution in [1.29, 1.82) is 0 Å². The third-order valence-corrected chi connectivity index (χ3v) is 6.28. The second-order valence-corrected chi connectivity index (χ2v) is 8.20. The zero-order chi connectivity index (χ0) is 19.9. The van der Waals surface area contributed by atoms with Crippen molar-refractivity contribution in [2.24, 2.45) is 0 Å². The molecule has 1 aliphatic heterocycles. The SMILES string of the molecule is CCOc1ccccc1CN1CCN(Cc2csc(C(C)=O)c2)C[C@H]1CCO. The Hall–Kier alpha value is -1.73. The van der Waals surface area contributed by atoms with Crippen molar-refractivity contribution >= 4 is 17.1 Å². The minimum Gasteiger partial charge on any atom is -0.494 e. The van der Waals surface area contributed by atoms with Gasteiger partial charge in [0.1, 0.15) is 5.75 Å². The number of ether oxygens (including phenoxy) is 1. The van der Waals surface area contributed by atoms with Crippen LogP contribution in [0.2, 0.25) is 0 Å². The van der Waals surface area contributed by atoms with Crippen LogP contribution in [0.3, 0.4) is 0 Å². The number of carbonyl (C=O) groups excluding carboxylic acids is 1. The number of aliphatic hydroxyl groups excluding tert-OH is 1. The Kier molecular flexibility index (Phi) is 7.62. The molecule has 1 N–H and O–H groups in total. The van der Waals surface area contributed by atoms with Gasteiger partial charge in [-0.05, 0) is 43.3 Å². The zero-order valence-corrected chi connectivity index (χ0v) is 17.6. The standard InChI is InChI=1S/C22H30N2O3S/c1-3-27-21-7-5-4-6-19(21)14-24-10-9-23(15-20(24)8-11-25)13-18-12-22(17(2)26)28-16-18/h4-7,12,16,20,25H,3,8-11,13-15H2,1-2H3/t20-/m1/s1. The molecular formula is C22H30N2O3S. The maximum Gasteiger partial charge on any atom is 0.169 e. The molecule has 0 saturated carbocycles. The molecule has 0 aliphatic carbocycles. The zero-order valence-electron chi connectivity index (χ0n) is 16.8. The van der Waals surface area contributed by atoms with Crippen molar-refractivity contribution in [2.45, 2.75) is 39.4 Å². The predicted octanol–water partition coefficient (Wildman–Crippen LogP) is 3.42. The molecule has 1 aromatic carbocycles. The minimum absolute atomic E-state index is 0.132. The highest BCUT2D eigenvalue weighted by Gasteiger charge is 2.27. The first-order chi connectivity index (χ1) is 13.6. The van der Waals surface area contributed by atoms with E-state index in [-0.39, 0.29) is 12.4 Å². The number of ketones is 1. The summed E-state index contributed by atoms with van der Waals surface area (Å²) in [5.74, 6) is 1.08. The summed E-state index contributed by atoms with van der Waals surface area (Å²) < 4.78 is 5.78. The van der Waals surface area contributed by atoms with Crippen LogP contribution in [0.25, 0.3) is 0 Å². The Balaban J connectivity index is 1.64. The maximum absolute atomic E-state index is 11.5. The third kappa shape index (κ3) is 5.41. The number of para-hydroxylation sites is 1. The fraction of sp³-hybridized carbons (Fsp3) is 0.500. The van der Waals surface area contributed by atoms with Gasteiger partial charge in [-0.2, -0.15) is 0 Å². The lowest BCUT2D eigenvalue weighted by Crippen LogP contribution is -2.52. The predicted molar refractivity (Wildman–Crippen MR) is 113 cm³/mol. The average Bonchev–Trinajstić information content (AvgIpc) is 3.15. The van der Waals surface area contributed by atoms with Gasteiger partial charge in [0, 0.05) is 50.9 Å². The molecule has 5 nitrogen and oxygen atoms in total. The van der Waals surface area contributed by atoms with Gasteiger partial charge in [-0.25, -0.2) is 0 Å². The number of hydrogen-bond donors (Lipinski definition) is 1. The van der Waals surface area contributed by atoms with Crippen molar-refractivity contribution in [3.8, 4) is 5.75 Å². The Morgan fingerprint density at radius 3 is 2.82 bits per heavy atom. The molecule has 1 fully saturated rings. The topological polar surface area (TPSA) is 53.0 Å². The van der Waals surface area contributed by atoms with Crippen LogP contribution in [0.4, 0.5) is 0 Å². The van der Waals surface area contributed by atoms with E-state index in [1.807, 2.05) is 25.1 Å². The number of hydrogen-bond acceptors (Lipinski definition) is 6. The quantitative estimate of drug-likeness (QED) is 0.652. The Morgan fingerprint density at radius 2 is 2.11 bits per heavy atom.